The molecular formula is C12H14N2O2. The van der Waals surface area contributed by atoms with Crippen LogP contribution in [0.25, 0.3) is 6.08 Å². The van der Waals surface area contributed by atoms with E-state index >= 15 is 0 Å². The van der Waals surface area contributed by atoms with Gasteiger partial charge in [-0.1, -0.05) is 12.1 Å². The number of carbonyl (C=O) groups is 1. The summed E-state index contributed by atoms with van der Waals surface area (Å²) in [6.07, 6.45) is 8.25. The van der Waals surface area contributed by atoms with Crippen LogP contribution in [0, 0.1) is 0 Å². The highest BCUT2D eigenvalue weighted by Gasteiger charge is 1.94. The highest BCUT2D eigenvalue weighted by molar-refractivity contribution is 5.82. The molecule has 84 valence electrons. The molecule has 0 atom stereocenters. The Bertz CT molecular complexity index is 393. The summed E-state index contributed by atoms with van der Waals surface area (Å²) in [5, 5.41) is 0. The molecule has 0 saturated heterocycles. The predicted molar refractivity (Wildman–Crippen MR) is 62.2 cm³/mol. The third-order valence-electron chi connectivity index (χ3n) is 1.66. The molecule has 1 heterocycles. The number of hydrogen-bond acceptors (Lipinski definition) is 4. The minimum Gasteiger partial charge on any atom is -0.458 e. The van der Waals surface area contributed by atoms with Gasteiger partial charge in [0.1, 0.15) is 6.61 Å². The molecule has 0 aliphatic carbocycles. The highest BCUT2D eigenvalue weighted by atomic mass is 16.5. The predicted octanol–water partition coefficient (Wildman–Crippen LogP) is 1.50. The Hall–Kier alpha value is -2.10. The van der Waals surface area contributed by atoms with Gasteiger partial charge in [0.15, 0.2) is 0 Å². The fourth-order valence-corrected chi connectivity index (χ4v) is 1.02. The van der Waals surface area contributed by atoms with Gasteiger partial charge in [0.05, 0.1) is 0 Å². The fraction of sp³-hybridized carbons (Fsp3) is 0.167. The van der Waals surface area contributed by atoms with Crippen molar-refractivity contribution in [2.45, 2.75) is 6.92 Å². The second kappa shape index (κ2) is 6.40. The molecule has 0 amide bonds. The molecule has 0 radical (unpaired) electrons. The second-order valence-electron chi connectivity index (χ2n) is 3.21. The van der Waals surface area contributed by atoms with Crippen molar-refractivity contribution in [1.29, 1.82) is 0 Å². The van der Waals surface area contributed by atoms with Gasteiger partial charge in [-0.15, -0.1) is 0 Å². The average molecular weight is 218 g/mol. The zero-order valence-corrected chi connectivity index (χ0v) is 9.09. The van der Waals surface area contributed by atoms with Gasteiger partial charge in [0, 0.05) is 24.2 Å². The van der Waals surface area contributed by atoms with Crippen molar-refractivity contribution < 1.29 is 9.53 Å². The van der Waals surface area contributed by atoms with E-state index in [4.69, 9.17) is 10.5 Å². The molecule has 0 saturated carbocycles. The van der Waals surface area contributed by atoms with Crippen molar-refractivity contribution >= 4 is 12.0 Å². The molecule has 1 aromatic heterocycles. The maximum atomic E-state index is 11.0. The van der Waals surface area contributed by atoms with E-state index in [-0.39, 0.29) is 6.61 Å². The van der Waals surface area contributed by atoms with E-state index in [9.17, 15) is 4.79 Å². The first kappa shape index (κ1) is 12.0. The van der Waals surface area contributed by atoms with Crippen LogP contribution in [0.5, 0.6) is 0 Å². The number of allylic oxidation sites excluding steroid dienone is 1. The molecule has 4 nitrogen and oxygen atoms in total. The zero-order valence-electron chi connectivity index (χ0n) is 9.09. The lowest BCUT2D eigenvalue weighted by atomic mass is 10.3. The summed E-state index contributed by atoms with van der Waals surface area (Å²) in [7, 11) is 0. The van der Waals surface area contributed by atoms with E-state index in [0.717, 1.165) is 5.56 Å². The lowest BCUT2D eigenvalue weighted by Gasteiger charge is -1.97. The molecule has 16 heavy (non-hydrogen) atoms. The first-order valence-electron chi connectivity index (χ1n) is 4.85. The first-order valence-corrected chi connectivity index (χ1v) is 4.85. The average Bonchev–Trinajstić information content (AvgIpc) is 2.25. The minimum atomic E-state index is -0.434. The van der Waals surface area contributed by atoms with E-state index < -0.39 is 5.97 Å². The van der Waals surface area contributed by atoms with Gasteiger partial charge in [-0.25, -0.2) is 4.79 Å². The Morgan fingerprint density at radius 2 is 2.44 bits per heavy atom. The van der Waals surface area contributed by atoms with E-state index in [1.165, 1.54) is 6.08 Å². The van der Waals surface area contributed by atoms with Gasteiger partial charge < -0.3 is 10.5 Å². The molecule has 0 spiro atoms. The van der Waals surface area contributed by atoms with Crippen molar-refractivity contribution in [3.8, 4) is 0 Å². The molecule has 0 aliphatic rings. The molecule has 1 rings (SSSR count). The largest absolute Gasteiger partial charge is 0.458 e. The van der Waals surface area contributed by atoms with Crippen LogP contribution in [0.2, 0.25) is 0 Å². The Labute approximate surface area is 94.4 Å². The number of rotatable bonds is 4. The Balaban J connectivity index is 2.34. The third kappa shape index (κ3) is 4.95. The standard InChI is InChI=1S/C12H14N2O2/c1-10(13)8-12(15)16-7-3-5-11-4-2-6-14-9-11/h2-6,8-9H,7,13H2,1H3/b5-3?,10-8-. The summed E-state index contributed by atoms with van der Waals surface area (Å²) < 4.78 is 4.87. The van der Waals surface area contributed by atoms with Crippen LogP contribution in [0.3, 0.4) is 0 Å². The van der Waals surface area contributed by atoms with Crippen LogP contribution in [-0.4, -0.2) is 17.6 Å². The van der Waals surface area contributed by atoms with Crippen LogP contribution < -0.4 is 5.73 Å². The van der Waals surface area contributed by atoms with Gasteiger partial charge in [-0.2, -0.15) is 0 Å². The molecule has 2 N–H and O–H groups in total. The molecule has 1 aromatic rings. The van der Waals surface area contributed by atoms with Crippen molar-refractivity contribution in [1.82, 2.24) is 4.98 Å². The lowest BCUT2D eigenvalue weighted by molar-refractivity contribution is -0.136. The van der Waals surface area contributed by atoms with Crippen molar-refractivity contribution in [2.75, 3.05) is 6.61 Å². The summed E-state index contributed by atoms with van der Waals surface area (Å²) in [6.45, 7) is 1.85. The van der Waals surface area contributed by atoms with E-state index in [1.54, 1.807) is 25.4 Å². The quantitative estimate of drug-likeness (QED) is 0.614. The number of esters is 1. The summed E-state index contributed by atoms with van der Waals surface area (Å²) in [5.41, 5.74) is 6.72. The van der Waals surface area contributed by atoms with Crippen LogP contribution >= 0.6 is 0 Å². The Morgan fingerprint density at radius 1 is 1.62 bits per heavy atom. The maximum Gasteiger partial charge on any atom is 0.332 e. The monoisotopic (exact) mass is 218 g/mol. The molecule has 0 bridgehead atoms. The van der Waals surface area contributed by atoms with Crippen LogP contribution in [0.4, 0.5) is 0 Å². The molecule has 0 aromatic carbocycles. The topological polar surface area (TPSA) is 65.2 Å². The molecule has 4 heteroatoms. The Kier molecular flexibility index (Phi) is 4.79. The summed E-state index contributed by atoms with van der Waals surface area (Å²) in [4.78, 5) is 15.0. The van der Waals surface area contributed by atoms with Gasteiger partial charge in [-0.05, 0) is 24.6 Å². The number of carbonyl (C=O) groups excluding carboxylic acids is 1. The van der Waals surface area contributed by atoms with Gasteiger partial charge in [-0.3, -0.25) is 4.98 Å². The number of aromatic nitrogens is 1. The maximum absolute atomic E-state index is 11.0. The third-order valence-corrected chi connectivity index (χ3v) is 1.66. The first-order chi connectivity index (χ1) is 7.68. The second-order valence-corrected chi connectivity index (χ2v) is 3.21. The number of pyridine rings is 1. The van der Waals surface area contributed by atoms with Crippen LogP contribution in [-0.2, 0) is 9.53 Å². The number of ether oxygens (including phenoxy) is 1. The van der Waals surface area contributed by atoms with Crippen molar-refractivity contribution in [2.24, 2.45) is 5.73 Å². The summed E-state index contributed by atoms with van der Waals surface area (Å²) in [6, 6.07) is 3.75. The smallest absolute Gasteiger partial charge is 0.332 e. The Morgan fingerprint density at radius 3 is 3.06 bits per heavy atom. The minimum absolute atomic E-state index is 0.220. The van der Waals surface area contributed by atoms with Crippen LogP contribution in [0.1, 0.15) is 12.5 Å². The summed E-state index contributed by atoms with van der Waals surface area (Å²) in [5.74, 6) is -0.434. The van der Waals surface area contributed by atoms with E-state index in [0.29, 0.717) is 5.70 Å². The number of nitrogens with two attached hydrogens (primary N) is 1. The molecule has 0 aliphatic heterocycles. The van der Waals surface area contributed by atoms with E-state index in [2.05, 4.69) is 4.98 Å². The molecule has 0 fully saturated rings. The van der Waals surface area contributed by atoms with Gasteiger partial charge in [0.25, 0.3) is 0 Å². The number of nitrogens with zero attached hydrogens (tertiary/aromatic N) is 1. The van der Waals surface area contributed by atoms with Crippen molar-refractivity contribution in [3.63, 3.8) is 0 Å². The highest BCUT2D eigenvalue weighted by Crippen LogP contribution is 1.98. The number of hydrogen-bond donors (Lipinski definition) is 1. The fourth-order valence-electron chi connectivity index (χ4n) is 1.02. The van der Waals surface area contributed by atoms with Gasteiger partial charge in [0.2, 0.25) is 0 Å². The molecule has 0 unspecified atom stereocenters. The zero-order chi connectivity index (χ0) is 11.8. The van der Waals surface area contributed by atoms with E-state index in [1.807, 2.05) is 18.2 Å². The van der Waals surface area contributed by atoms with Gasteiger partial charge >= 0.3 is 5.97 Å². The lowest BCUT2D eigenvalue weighted by Crippen LogP contribution is -2.03. The summed E-state index contributed by atoms with van der Waals surface area (Å²) >= 11 is 0. The normalized spacial score (nSPS) is 11.7. The molecular weight excluding hydrogens is 204 g/mol. The van der Waals surface area contributed by atoms with Crippen molar-refractivity contribution in [3.05, 3.63) is 47.9 Å². The SMILES string of the molecule is C/C(N)=C/C(=O)OCC=Cc1cccnc1. The van der Waals surface area contributed by atoms with Crippen LogP contribution in [0.15, 0.2) is 42.4 Å².